The fourth-order valence-electron chi connectivity index (χ4n) is 0.943. The van der Waals surface area contributed by atoms with E-state index < -0.39 is 0 Å². The van der Waals surface area contributed by atoms with Gasteiger partial charge in [0.15, 0.2) is 12.6 Å². The molecule has 0 heterocycles. The summed E-state index contributed by atoms with van der Waals surface area (Å²) in [4.78, 5) is 20.9. The van der Waals surface area contributed by atoms with Crippen LogP contribution in [-0.2, 0) is 0 Å². The largest absolute Gasteiger partial charge is 0.323 e. The molecule has 0 amide bonds. The quantitative estimate of drug-likeness (QED) is 0.389. The Morgan fingerprint density at radius 1 is 1.25 bits per heavy atom. The lowest BCUT2D eigenvalue weighted by molar-refractivity contribution is 0.109. The van der Waals surface area contributed by atoms with Crippen LogP contribution in [0.15, 0.2) is 18.2 Å². The summed E-state index contributed by atoms with van der Waals surface area (Å²) in [5, 5.41) is 0. The van der Waals surface area contributed by atoms with Crippen molar-refractivity contribution in [1.29, 1.82) is 0 Å². The van der Waals surface area contributed by atoms with E-state index in [0.717, 1.165) is 0 Å². The Kier molecular flexibility index (Phi) is 2.55. The third-order valence-electron chi connectivity index (χ3n) is 1.54. The summed E-state index contributed by atoms with van der Waals surface area (Å²) in [7, 11) is 0. The molecular formula is C8H8N2O2. The number of benzene rings is 1. The third kappa shape index (κ3) is 1.33. The molecule has 0 saturated heterocycles. The molecule has 1 aromatic rings. The van der Waals surface area contributed by atoms with E-state index in [0.29, 0.717) is 23.8 Å². The Morgan fingerprint density at radius 3 is 2.50 bits per heavy atom. The molecule has 1 rings (SSSR count). The molecule has 0 atom stereocenters. The van der Waals surface area contributed by atoms with E-state index >= 15 is 0 Å². The van der Waals surface area contributed by atoms with Crippen molar-refractivity contribution in [2.24, 2.45) is 5.84 Å². The van der Waals surface area contributed by atoms with Gasteiger partial charge in [0.05, 0.1) is 5.69 Å². The van der Waals surface area contributed by atoms with Crippen LogP contribution in [0.5, 0.6) is 0 Å². The number of hydrazine groups is 1. The zero-order chi connectivity index (χ0) is 8.97. The van der Waals surface area contributed by atoms with Crippen LogP contribution in [-0.4, -0.2) is 12.6 Å². The molecule has 0 bridgehead atoms. The van der Waals surface area contributed by atoms with E-state index in [1.165, 1.54) is 0 Å². The number of hydrogen-bond donors (Lipinski definition) is 2. The van der Waals surface area contributed by atoms with Gasteiger partial charge in [-0.3, -0.25) is 15.4 Å². The number of aldehydes is 2. The molecule has 3 N–H and O–H groups in total. The highest BCUT2D eigenvalue weighted by atomic mass is 16.1. The number of anilines is 1. The normalized spacial score (nSPS) is 9.08. The molecule has 0 fully saturated rings. The average Bonchev–Trinajstić information content (AvgIpc) is 2.16. The summed E-state index contributed by atoms with van der Waals surface area (Å²) in [5.74, 6) is 5.12. The van der Waals surface area contributed by atoms with Gasteiger partial charge in [0.25, 0.3) is 0 Å². The van der Waals surface area contributed by atoms with Crippen molar-refractivity contribution in [1.82, 2.24) is 0 Å². The van der Waals surface area contributed by atoms with E-state index in [1.54, 1.807) is 18.2 Å². The van der Waals surface area contributed by atoms with Crippen LogP contribution in [0.1, 0.15) is 20.7 Å². The van der Waals surface area contributed by atoms with Crippen molar-refractivity contribution in [3.8, 4) is 0 Å². The van der Waals surface area contributed by atoms with Crippen molar-refractivity contribution in [3.63, 3.8) is 0 Å². The minimum atomic E-state index is 0.287. The van der Waals surface area contributed by atoms with Crippen molar-refractivity contribution in [2.45, 2.75) is 0 Å². The van der Waals surface area contributed by atoms with Crippen molar-refractivity contribution >= 4 is 18.3 Å². The molecule has 0 saturated carbocycles. The van der Waals surface area contributed by atoms with Gasteiger partial charge in [0.1, 0.15) is 0 Å². The maximum absolute atomic E-state index is 10.5. The van der Waals surface area contributed by atoms with Gasteiger partial charge >= 0.3 is 0 Å². The highest BCUT2D eigenvalue weighted by Crippen LogP contribution is 2.14. The molecule has 1 aromatic carbocycles. The smallest absolute Gasteiger partial charge is 0.152 e. The number of hydrogen-bond acceptors (Lipinski definition) is 4. The average molecular weight is 164 g/mol. The number of carbonyl (C=O) groups is 2. The lowest BCUT2D eigenvalue weighted by atomic mass is 10.1. The molecule has 0 unspecified atom stereocenters. The fourth-order valence-corrected chi connectivity index (χ4v) is 0.943. The third-order valence-corrected chi connectivity index (χ3v) is 1.54. The summed E-state index contributed by atoms with van der Waals surface area (Å²) < 4.78 is 0. The lowest BCUT2D eigenvalue weighted by Crippen LogP contribution is -2.10. The predicted molar refractivity (Wildman–Crippen MR) is 45.0 cm³/mol. The van der Waals surface area contributed by atoms with Crippen LogP contribution in [0, 0.1) is 0 Å². The van der Waals surface area contributed by atoms with Crippen molar-refractivity contribution in [2.75, 3.05) is 5.43 Å². The van der Waals surface area contributed by atoms with Gasteiger partial charge in [-0.2, -0.15) is 0 Å². The Bertz CT molecular complexity index is 310. The second-order valence-electron chi connectivity index (χ2n) is 2.19. The number of nitrogen functional groups attached to an aromatic ring is 1. The van der Waals surface area contributed by atoms with Gasteiger partial charge in [-0.1, -0.05) is 12.1 Å². The van der Waals surface area contributed by atoms with Crippen LogP contribution in [0.25, 0.3) is 0 Å². The lowest BCUT2D eigenvalue weighted by Gasteiger charge is -2.04. The van der Waals surface area contributed by atoms with E-state index in [2.05, 4.69) is 5.43 Å². The van der Waals surface area contributed by atoms with Crippen LogP contribution in [0.4, 0.5) is 5.69 Å². The second kappa shape index (κ2) is 3.64. The zero-order valence-electron chi connectivity index (χ0n) is 6.28. The summed E-state index contributed by atoms with van der Waals surface area (Å²) in [6.45, 7) is 0. The number of rotatable bonds is 3. The van der Waals surface area contributed by atoms with Gasteiger partial charge in [0, 0.05) is 11.1 Å². The van der Waals surface area contributed by atoms with Gasteiger partial charge in [-0.05, 0) is 6.07 Å². The fraction of sp³-hybridized carbons (Fsp3) is 0. The first-order chi connectivity index (χ1) is 5.83. The summed E-state index contributed by atoms with van der Waals surface area (Å²) in [6, 6.07) is 4.82. The molecule has 0 aliphatic carbocycles. The van der Waals surface area contributed by atoms with Gasteiger partial charge in [-0.15, -0.1) is 0 Å². The SMILES string of the molecule is NNc1cccc(C=O)c1C=O. The topological polar surface area (TPSA) is 72.2 Å². The van der Waals surface area contributed by atoms with Gasteiger partial charge in [0.2, 0.25) is 0 Å². The van der Waals surface area contributed by atoms with E-state index in [-0.39, 0.29) is 5.56 Å². The molecule has 0 spiro atoms. The number of nitrogens with two attached hydrogens (primary N) is 1. The minimum Gasteiger partial charge on any atom is -0.323 e. The highest BCUT2D eigenvalue weighted by molar-refractivity contribution is 5.95. The van der Waals surface area contributed by atoms with Crippen molar-refractivity contribution in [3.05, 3.63) is 29.3 Å². The van der Waals surface area contributed by atoms with Crippen LogP contribution >= 0.6 is 0 Å². The standard InChI is InChI=1S/C8H8N2O2/c9-10-8-3-1-2-6(4-11)7(8)5-12/h1-5,10H,9H2. The second-order valence-corrected chi connectivity index (χ2v) is 2.19. The minimum absolute atomic E-state index is 0.287. The Labute approximate surface area is 69.3 Å². The van der Waals surface area contributed by atoms with E-state index in [9.17, 15) is 9.59 Å². The van der Waals surface area contributed by atoms with Crippen LogP contribution < -0.4 is 11.3 Å². The number of nitrogens with one attached hydrogen (secondary N) is 1. The Hall–Kier alpha value is -1.68. The first kappa shape index (κ1) is 8.42. The molecule has 0 aliphatic rings. The predicted octanol–water partition coefficient (Wildman–Crippen LogP) is 0.597. The molecule has 62 valence electrons. The van der Waals surface area contributed by atoms with E-state index in [4.69, 9.17) is 5.84 Å². The van der Waals surface area contributed by atoms with E-state index in [1.807, 2.05) is 0 Å². The summed E-state index contributed by atoms with van der Waals surface area (Å²) >= 11 is 0. The zero-order valence-corrected chi connectivity index (χ0v) is 6.28. The number of carbonyl (C=O) groups excluding carboxylic acids is 2. The molecule has 4 heteroatoms. The Balaban J connectivity index is 3.31. The monoisotopic (exact) mass is 164 g/mol. The van der Waals surface area contributed by atoms with Gasteiger partial charge in [-0.25, -0.2) is 0 Å². The molecule has 4 nitrogen and oxygen atoms in total. The van der Waals surface area contributed by atoms with Crippen LogP contribution in [0.2, 0.25) is 0 Å². The first-order valence-corrected chi connectivity index (χ1v) is 3.33. The Morgan fingerprint density at radius 2 is 2.00 bits per heavy atom. The van der Waals surface area contributed by atoms with Crippen molar-refractivity contribution < 1.29 is 9.59 Å². The maximum atomic E-state index is 10.5. The highest BCUT2D eigenvalue weighted by Gasteiger charge is 2.04. The first-order valence-electron chi connectivity index (χ1n) is 3.33. The molecule has 0 aromatic heterocycles. The molecular weight excluding hydrogens is 156 g/mol. The van der Waals surface area contributed by atoms with Gasteiger partial charge < -0.3 is 5.43 Å². The molecule has 0 radical (unpaired) electrons. The summed E-state index contributed by atoms with van der Waals surface area (Å²) in [6.07, 6.45) is 1.21. The molecule has 0 aliphatic heterocycles. The summed E-state index contributed by atoms with van der Waals surface area (Å²) in [5.41, 5.74) is 3.41. The van der Waals surface area contributed by atoms with Crippen LogP contribution in [0.3, 0.4) is 0 Å². The molecule has 12 heavy (non-hydrogen) atoms. The maximum Gasteiger partial charge on any atom is 0.152 e.